The molecule has 1 N–H and O–H groups in total. The lowest BCUT2D eigenvalue weighted by Gasteiger charge is -2.34. The monoisotopic (exact) mass is 443 g/mol. The molecule has 0 aliphatic carbocycles. The van der Waals surface area contributed by atoms with E-state index in [-0.39, 0.29) is 11.9 Å². The minimum atomic E-state index is -0.660. The molecular weight excluding hydrogens is 416 g/mol. The van der Waals surface area contributed by atoms with Gasteiger partial charge in [0.05, 0.1) is 19.3 Å². The Morgan fingerprint density at radius 1 is 1.09 bits per heavy atom. The second kappa shape index (κ2) is 9.16. The second-order valence-corrected chi connectivity index (χ2v) is 8.23. The van der Waals surface area contributed by atoms with Gasteiger partial charge in [0.2, 0.25) is 0 Å². The Balaban J connectivity index is 1.69. The number of rotatable bonds is 5. The lowest BCUT2D eigenvalue weighted by molar-refractivity contribution is 0.0337. The van der Waals surface area contributed by atoms with Crippen LogP contribution in [0.15, 0.2) is 42.3 Å². The molecule has 0 aromatic heterocycles. The highest BCUT2D eigenvalue weighted by Gasteiger charge is 2.26. The van der Waals surface area contributed by atoms with Crippen LogP contribution in [0.4, 0.5) is 14.5 Å². The second-order valence-electron chi connectivity index (χ2n) is 8.23. The van der Waals surface area contributed by atoms with Crippen molar-refractivity contribution in [3.63, 3.8) is 0 Å². The molecule has 6 nitrogen and oxygen atoms in total. The zero-order valence-corrected chi connectivity index (χ0v) is 18.5. The zero-order chi connectivity index (χ0) is 22.8. The SMILES string of the molecule is CC(Nc1cc(F)cc(F)c1)c1cc(C(=O)N(C)C)cc2c1OC(N1CCOCC1)=CC2. The normalized spacial score (nSPS) is 16.5. The van der Waals surface area contributed by atoms with Gasteiger partial charge < -0.3 is 24.6 Å². The fraction of sp³-hybridized carbons (Fsp3) is 0.375. The first-order valence-corrected chi connectivity index (χ1v) is 10.6. The summed E-state index contributed by atoms with van der Waals surface area (Å²) in [5, 5.41) is 3.14. The van der Waals surface area contributed by atoms with Gasteiger partial charge in [-0.25, -0.2) is 8.78 Å². The van der Waals surface area contributed by atoms with Crippen LogP contribution < -0.4 is 10.1 Å². The highest BCUT2D eigenvalue weighted by molar-refractivity contribution is 5.94. The van der Waals surface area contributed by atoms with E-state index in [0.29, 0.717) is 36.6 Å². The third-order valence-corrected chi connectivity index (χ3v) is 5.59. The molecule has 2 aromatic carbocycles. The summed E-state index contributed by atoms with van der Waals surface area (Å²) in [4.78, 5) is 16.3. The Labute approximate surface area is 186 Å². The van der Waals surface area contributed by atoms with Gasteiger partial charge in [0.25, 0.3) is 5.91 Å². The van der Waals surface area contributed by atoms with Crippen LogP contribution in [0.25, 0.3) is 0 Å². The average molecular weight is 443 g/mol. The number of carbonyl (C=O) groups is 1. The number of nitrogens with zero attached hydrogens (tertiary/aromatic N) is 2. The molecule has 8 heteroatoms. The number of hydrogen-bond acceptors (Lipinski definition) is 5. The number of amides is 1. The fourth-order valence-corrected chi connectivity index (χ4v) is 3.98. The molecule has 2 aliphatic rings. The maximum absolute atomic E-state index is 13.7. The largest absolute Gasteiger partial charge is 0.441 e. The van der Waals surface area contributed by atoms with Gasteiger partial charge in [-0.05, 0) is 49.2 Å². The number of fused-ring (bicyclic) bond motifs is 1. The molecule has 0 saturated carbocycles. The van der Waals surface area contributed by atoms with Gasteiger partial charge in [-0.15, -0.1) is 0 Å². The molecule has 1 amide bonds. The number of allylic oxidation sites excluding steroid dienone is 1. The summed E-state index contributed by atoms with van der Waals surface area (Å²) in [5.74, 6) is -0.0148. The predicted octanol–water partition coefficient (Wildman–Crippen LogP) is 3.95. The highest BCUT2D eigenvalue weighted by atomic mass is 19.1. The quantitative estimate of drug-likeness (QED) is 0.759. The number of halogens is 2. The van der Waals surface area contributed by atoms with Crippen molar-refractivity contribution in [2.75, 3.05) is 45.7 Å². The van der Waals surface area contributed by atoms with Crippen molar-refractivity contribution in [2.45, 2.75) is 19.4 Å². The number of hydrogen-bond donors (Lipinski definition) is 1. The molecule has 1 unspecified atom stereocenters. The van der Waals surface area contributed by atoms with Crippen LogP contribution in [-0.4, -0.2) is 56.1 Å². The van der Waals surface area contributed by atoms with Crippen molar-refractivity contribution < 1.29 is 23.0 Å². The van der Waals surface area contributed by atoms with Crippen molar-refractivity contribution in [1.29, 1.82) is 0 Å². The number of anilines is 1. The van der Waals surface area contributed by atoms with Gasteiger partial charge in [0.15, 0.2) is 5.88 Å². The van der Waals surface area contributed by atoms with Crippen molar-refractivity contribution in [3.05, 3.63) is 70.6 Å². The molecule has 0 radical (unpaired) electrons. The summed E-state index contributed by atoms with van der Waals surface area (Å²) in [6, 6.07) is 6.57. The lowest BCUT2D eigenvalue weighted by atomic mass is 9.95. The molecule has 1 fully saturated rings. The Morgan fingerprint density at radius 2 is 1.78 bits per heavy atom. The van der Waals surface area contributed by atoms with E-state index in [0.717, 1.165) is 36.2 Å². The van der Waals surface area contributed by atoms with Crippen LogP contribution in [0.2, 0.25) is 0 Å². The van der Waals surface area contributed by atoms with E-state index < -0.39 is 11.6 Å². The van der Waals surface area contributed by atoms with Crippen molar-refractivity contribution in [3.8, 4) is 5.75 Å². The summed E-state index contributed by atoms with van der Waals surface area (Å²) in [6.07, 6.45) is 2.63. The molecule has 32 heavy (non-hydrogen) atoms. The number of nitrogens with one attached hydrogen (secondary N) is 1. The van der Waals surface area contributed by atoms with Crippen LogP contribution in [0, 0.1) is 11.6 Å². The smallest absolute Gasteiger partial charge is 0.253 e. The number of ether oxygens (including phenoxy) is 2. The molecule has 4 rings (SSSR count). The van der Waals surface area contributed by atoms with E-state index in [4.69, 9.17) is 9.47 Å². The zero-order valence-electron chi connectivity index (χ0n) is 18.5. The maximum Gasteiger partial charge on any atom is 0.253 e. The van der Waals surface area contributed by atoms with E-state index in [1.807, 2.05) is 19.1 Å². The molecule has 1 atom stereocenters. The average Bonchev–Trinajstić information content (AvgIpc) is 2.77. The van der Waals surface area contributed by atoms with E-state index in [1.165, 1.54) is 17.0 Å². The summed E-state index contributed by atoms with van der Waals surface area (Å²) in [6.45, 7) is 4.63. The summed E-state index contributed by atoms with van der Waals surface area (Å²) < 4.78 is 39.1. The Morgan fingerprint density at radius 3 is 2.44 bits per heavy atom. The van der Waals surface area contributed by atoms with Gasteiger partial charge in [-0.1, -0.05) is 0 Å². The summed E-state index contributed by atoms with van der Waals surface area (Å²) >= 11 is 0. The van der Waals surface area contributed by atoms with Gasteiger partial charge in [0, 0.05) is 50.1 Å². The number of morpholine rings is 1. The topological polar surface area (TPSA) is 54.0 Å². The summed E-state index contributed by atoms with van der Waals surface area (Å²) in [7, 11) is 3.40. The maximum atomic E-state index is 13.7. The minimum absolute atomic E-state index is 0.124. The highest BCUT2D eigenvalue weighted by Crippen LogP contribution is 2.37. The van der Waals surface area contributed by atoms with Crippen molar-refractivity contribution in [2.24, 2.45) is 0 Å². The van der Waals surface area contributed by atoms with E-state index in [9.17, 15) is 13.6 Å². The fourth-order valence-electron chi connectivity index (χ4n) is 3.98. The van der Waals surface area contributed by atoms with Crippen molar-refractivity contribution in [1.82, 2.24) is 9.80 Å². The Hall–Kier alpha value is -3.13. The standard InChI is InChI=1S/C24H27F2N3O3/c1-15(27-20-13-18(25)12-19(26)14-20)21-11-17(24(30)28(2)3)10-16-4-5-22(32-23(16)21)29-6-8-31-9-7-29/h5,10-15,27H,4,6-9H2,1-3H3. The van der Waals surface area contributed by atoms with Crippen LogP contribution in [-0.2, 0) is 11.2 Å². The predicted molar refractivity (Wildman–Crippen MR) is 118 cm³/mol. The van der Waals surface area contributed by atoms with Crippen molar-refractivity contribution >= 4 is 11.6 Å². The first-order chi connectivity index (χ1) is 15.3. The molecular formula is C24H27F2N3O3. The Kier molecular flexibility index (Phi) is 6.32. The number of benzene rings is 2. The van der Waals surface area contributed by atoms with Gasteiger partial charge in [0.1, 0.15) is 17.4 Å². The molecule has 0 spiro atoms. The first kappa shape index (κ1) is 22.1. The molecule has 1 saturated heterocycles. The molecule has 2 heterocycles. The first-order valence-electron chi connectivity index (χ1n) is 10.6. The molecule has 170 valence electrons. The third-order valence-electron chi connectivity index (χ3n) is 5.59. The minimum Gasteiger partial charge on any atom is -0.441 e. The van der Waals surface area contributed by atoms with Crippen LogP contribution in [0.1, 0.15) is 34.5 Å². The summed E-state index contributed by atoms with van der Waals surface area (Å²) in [5.41, 5.74) is 2.49. The molecule has 2 aromatic rings. The Bertz CT molecular complexity index is 1030. The lowest BCUT2D eigenvalue weighted by Crippen LogP contribution is -2.38. The van der Waals surface area contributed by atoms with E-state index >= 15 is 0 Å². The van der Waals surface area contributed by atoms with Gasteiger partial charge in [-0.2, -0.15) is 0 Å². The molecule has 0 bridgehead atoms. The van der Waals surface area contributed by atoms with E-state index in [1.54, 1.807) is 20.2 Å². The number of carbonyl (C=O) groups excluding carboxylic acids is 1. The molecule has 2 aliphatic heterocycles. The van der Waals surface area contributed by atoms with Gasteiger partial charge >= 0.3 is 0 Å². The van der Waals surface area contributed by atoms with Crippen LogP contribution in [0.3, 0.4) is 0 Å². The van der Waals surface area contributed by atoms with Crippen LogP contribution >= 0.6 is 0 Å². The van der Waals surface area contributed by atoms with Crippen LogP contribution in [0.5, 0.6) is 5.75 Å². The van der Waals surface area contributed by atoms with Gasteiger partial charge in [-0.3, -0.25) is 4.79 Å². The third kappa shape index (κ3) is 4.70. The van der Waals surface area contributed by atoms with E-state index in [2.05, 4.69) is 10.2 Å².